The summed E-state index contributed by atoms with van der Waals surface area (Å²) in [5.74, 6) is -0.787. The SMILES string of the molecule is CCOC(=O)C(CC(=O)N1CCOCC1)Cc1cccc2ccccc12. The van der Waals surface area contributed by atoms with E-state index >= 15 is 0 Å². The number of nitrogens with zero attached hydrogens (tertiary/aromatic N) is 1. The molecule has 138 valence electrons. The Balaban J connectivity index is 1.79. The minimum absolute atomic E-state index is 0.00779. The smallest absolute Gasteiger partial charge is 0.309 e. The molecule has 1 aliphatic rings. The number of hydrogen-bond donors (Lipinski definition) is 0. The summed E-state index contributed by atoms with van der Waals surface area (Å²) in [5.41, 5.74) is 1.07. The average molecular weight is 355 g/mol. The van der Waals surface area contributed by atoms with Gasteiger partial charge in [0.15, 0.2) is 0 Å². The van der Waals surface area contributed by atoms with Crippen LogP contribution < -0.4 is 0 Å². The fourth-order valence-corrected chi connectivity index (χ4v) is 3.39. The first kappa shape index (κ1) is 18.4. The molecule has 0 aromatic heterocycles. The van der Waals surface area contributed by atoms with E-state index < -0.39 is 5.92 Å². The van der Waals surface area contributed by atoms with Crippen LogP contribution in [0.4, 0.5) is 0 Å². The number of hydrogen-bond acceptors (Lipinski definition) is 4. The van der Waals surface area contributed by atoms with Crippen LogP contribution in [-0.2, 0) is 25.5 Å². The van der Waals surface area contributed by atoms with Crippen molar-refractivity contribution < 1.29 is 19.1 Å². The standard InChI is InChI=1S/C21H25NO4/c1-2-26-21(24)18(15-20(23)22-10-12-25-13-11-22)14-17-8-5-7-16-6-3-4-9-19(16)17/h3-9,18H,2,10-15H2,1H3. The van der Waals surface area contributed by atoms with Gasteiger partial charge in [-0.05, 0) is 29.7 Å². The molecular weight excluding hydrogens is 330 g/mol. The van der Waals surface area contributed by atoms with Gasteiger partial charge in [0.1, 0.15) is 0 Å². The topological polar surface area (TPSA) is 55.8 Å². The van der Waals surface area contributed by atoms with E-state index in [1.807, 2.05) is 24.3 Å². The van der Waals surface area contributed by atoms with Gasteiger partial charge < -0.3 is 14.4 Å². The zero-order valence-corrected chi connectivity index (χ0v) is 15.1. The second-order valence-corrected chi connectivity index (χ2v) is 6.49. The van der Waals surface area contributed by atoms with Crippen LogP contribution in [0.2, 0.25) is 0 Å². The Kier molecular flexibility index (Phi) is 6.23. The largest absolute Gasteiger partial charge is 0.466 e. The summed E-state index contributed by atoms with van der Waals surface area (Å²) in [6, 6.07) is 14.2. The highest BCUT2D eigenvalue weighted by molar-refractivity contribution is 5.87. The van der Waals surface area contributed by atoms with Crippen molar-refractivity contribution in [2.45, 2.75) is 19.8 Å². The quantitative estimate of drug-likeness (QED) is 0.748. The van der Waals surface area contributed by atoms with Gasteiger partial charge in [-0.1, -0.05) is 42.5 Å². The van der Waals surface area contributed by atoms with E-state index in [9.17, 15) is 9.59 Å². The van der Waals surface area contributed by atoms with Crippen molar-refractivity contribution in [3.63, 3.8) is 0 Å². The molecule has 1 saturated heterocycles. The minimum atomic E-state index is -0.476. The summed E-state index contributed by atoms with van der Waals surface area (Å²) >= 11 is 0. The van der Waals surface area contributed by atoms with Crippen LogP contribution >= 0.6 is 0 Å². The molecule has 1 aliphatic heterocycles. The molecule has 0 bridgehead atoms. The molecule has 0 spiro atoms. The molecular formula is C21H25NO4. The first-order valence-electron chi connectivity index (χ1n) is 9.18. The summed E-state index contributed by atoms with van der Waals surface area (Å²) < 4.78 is 10.5. The van der Waals surface area contributed by atoms with E-state index in [4.69, 9.17) is 9.47 Å². The van der Waals surface area contributed by atoms with Gasteiger partial charge in [0, 0.05) is 19.5 Å². The van der Waals surface area contributed by atoms with E-state index in [0.717, 1.165) is 16.3 Å². The van der Waals surface area contributed by atoms with E-state index in [2.05, 4.69) is 18.2 Å². The maximum Gasteiger partial charge on any atom is 0.309 e. The first-order valence-corrected chi connectivity index (χ1v) is 9.18. The number of ether oxygens (including phenoxy) is 2. The molecule has 1 atom stereocenters. The fourth-order valence-electron chi connectivity index (χ4n) is 3.39. The zero-order valence-electron chi connectivity index (χ0n) is 15.1. The third kappa shape index (κ3) is 4.41. The molecule has 1 amide bonds. The molecule has 1 fully saturated rings. The average Bonchev–Trinajstić information content (AvgIpc) is 2.68. The Morgan fingerprint density at radius 3 is 2.62 bits per heavy atom. The molecule has 0 aliphatic carbocycles. The van der Waals surface area contributed by atoms with Crippen molar-refractivity contribution in [2.24, 2.45) is 5.92 Å². The fraction of sp³-hybridized carbons (Fsp3) is 0.429. The molecule has 2 aromatic rings. The second-order valence-electron chi connectivity index (χ2n) is 6.49. The zero-order chi connectivity index (χ0) is 18.4. The van der Waals surface area contributed by atoms with Gasteiger partial charge in [-0.2, -0.15) is 0 Å². The predicted molar refractivity (Wildman–Crippen MR) is 99.8 cm³/mol. The molecule has 2 aromatic carbocycles. The van der Waals surface area contributed by atoms with Crippen molar-refractivity contribution >= 4 is 22.6 Å². The van der Waals surface area contributed by atoms with E-state index in [0.29, 0.717) is 39.3 Å². The molecule has 26 heavy (non-hydrogen) atoms. The number of fused-ring (bicyclic) bond motifs is 1. The summed E-state index contributed by atoms with van der Waals surface area (Å²) in [5, 5.41) is 2.25. The van der Waals surface area contributed by atoms with E-state index in [1.54, 1.807) is 11.8 Å². The van der Waals surface area contributed by atoms with Gasteiger partial charge >= 0.3 is 5.97 Å². The number of morpholine rings is 1. The van der Waals surface area contributed by atoms with Gasteiger partial charge in [-0.25, -0.2) is 0 Å². The molecule has 0 radical (unpaired) electrons. The van der Waals surface area contributed by atoms with Crippen LogP contribution in [0.5, 0.6) is 0 Å². The molecule has 3 rings (SSSR count). The lowest BCUT2D eigenvalue weighted by molar-refractivity contribution is -0.151. The highest BCUT2D eigenvalue weighted by atomic mass is 16.5. The highest BCUT2D eigenvalue weighted by Crippen LogP contribution is 2.24. The number of benzene rings is 2. The van der Waals surface area contributed by atoms with Gasteiger partial charge in [0.25, 0.3) is 0 Å². The Labute approximate surface area is 153 Å². The van der Waals surface area contributed by atoms with E-state index in [1.165, 1.54) is 0 Å². The van der Waals surface area contributed by atoms with Crippen molar-refractivity contribution in [1.29, 1.82) is 0 Å². The summed E-state index contributed by atoms with van der Waals surface area (Å²) in [7, 11) is 0. The normalized spacial score (nSPS) is 15.7. The maximum absolute atomic E-state index is 12.6. The Morgan fingerprint density at radius 1 is 1.12 bits per heavy atom. The third-order valence-electron chi connectivity index (χ3n) is 4.75. The van der Waals surface area contributed by atoms with Gasteiger partial charge in [0.2, 0.25) is 5.91 Å². The Hall–Kier alpha value is -2.40. The van der Waals surface area contributed by atoms with Crippen LogP contribution in [0.25, 0.3) is 10.8 Å². The van der Waals surface area contributed by atoms with Gasteiger partial charge in [-0.15, -0.1) is 0 Å². The molecule has 5 nitrogen and oxygen atoms in total. The van der Waals surface area contributed by atoms with Crippen LogP contribution in [0.1, 0.15) is 18.9 Å². The highest BCUT2D eigenvalue weighted by Gasteiger charge is 2.27. The lowest BCUT2D eigenvalue weighted by atomic mass is 9.92. The maximum atomic E-state index is 12.6. The van der Waals surface area contributed by atoms with Crippen LogP contribution in [-0.4, -0.2) is 49.7 Å². The second kappa shape index (κ2) is 8.81. The van der Waals surface area contributed by atoms with Crippen molar-refractivity contribution in [3.05, 3.63) is 48.0 Å². The van der Waals surface area contributed by atoms with Gasteiger partial charge in [0.05, 0.1) is 25.7 Å². The lowest BCUT2D eigenvalue weighted by Crippen LogP contribution is -2.42. The van der Waals surface area contributed by atoms with Crippen LogP contribution in [0.3, 0.4) is 0 Å². The summed E-state index contributed by atoms with van der Waals surface area (Å²) in [6.07, 6.45) is 0.665. The third-order valence-corrected chi connectivity index (χ3v) is 4.75. The lowest BCUT2D eigenvalue weighted by Gasteiger charge is -2.28. The van der Waals surface area contributed by atoms with Crippen molar-refractivity contribution in [1.82, 2.24) is 4.90 Å². The summed E-state index contributed by atoms with van der Waals surface area (Å²) in [6.45, 7) is 4.39. The Bertz CT molecular complexity index is 762. The van der Waals surface area contributed by atoms with Crippen molar-refractivity contribution in [3.8, 4) is 0 Å². The number of carbonyl (C=O) groups excluding carboxylic acids is 2. The van der Waals surface area contributed by atoms with Crippen molar-refractivity contribution in [2.75, 3.05) is 32.9 Å². The predicted octanol–water partition coefficient (Wildman–Crippen LogP) is 2.81. The summed E-state index contributed by atoms with van der Waals surface area (Å²) in [4.78, 5) is 26.9. The van der Waals surface area contributed by atoms with E-state index in [-0.39, 0.29) is 18.3 Å². The Morgan fingerprint density at radius 2 is 1.85 bits per heavy atom. The molecule has 0 saturated carbocycles. The van der Waals surface area contributed by atoms with Gasteiger partial charge in [-0.3, -0.25) is 9.59 Å². The molecule has 0 N–H and O–H groups in total. The minimum Gasteiger partial charge on any atom is -0.466 e. The molecule has 1 unspecified atom stereocenters. The monoisotopic (exact) mass is 355 g/mol. The molecule has 5 heteroatoms. The number of esters is 1. The first-order chi connectivity index (χ1) is 12.7. The number of rotatable bonds is 6. The van der Waals surface area contributed by atoms with Crippen LogP contribution in [0, 0.1) is 5.92 Å². The number of carbonyl (C=O) groups is 2. The number of amides is 1. The van der Waals surface area contributed by atoms with Crippen LogP contribution in [0.15, 0.2) is 42.5 Å². The molecule has 1 heterocycles.